The van der Waals surface area contributed by atoms with Crippen LogP contribution in [0.5, 0.6) is 0 Å². The first-order chi connectivity index (χ1) is 12.7. The Bertz CT molecular complexity index is 732. The molecule has 0 aromatic heterocycles. The van der Waals surface area contributed by atoms with E-state index in [1.807, 2.05) is 6.08 Å². The summed E-state index contributed by atoms with van der Waals surface area (Å²) in [6.45, 7) is 9.53. The number of methoxy groups -OCH3 is 1. The highest BCUT2D eigenvalue weighted by Gasteiger charge is 2.60. The Morgan fingerprint density at radius 2 is 1.96 bits per heavy atom. The largest absolute Gasteiger partial charge is 0.377 e. The van der Waals surface area contributed by atoms with Gasteiger partial charge in [0, 0.05) is 24.9 Å². The van der Waals surface area contributed by atoms with Gasteiger partial charge < -0.3 is 4.74 Å². The van der Waals surface area contributed by atoms with Crippen LogP contribution < -0.4 is 0 Å². The van der Waals surface area contributed by atoms with Crippen molar-refractivity contribution in [3.63, 3.8) is 0 Å². The molecule has 0 spiro atoms. The number of hydrogen-bond acceptors (Lipinski definition) is 3. The second kappa shape index (κ2) is 6.40. The van der Waals surface area contributed by atoms with Crippen molar-refractivity contribution in [3.8, 4) is 0 Å². The molecule has 4 rings (SSSR count). The van der Waals surface area contributed by atoms with E-state index in [4.69, 9.17) is 4.74 Å². The van der Waals surface area contributed by atoms with E-state index >= 15 is 0 Å². The van der Waals surface area contributed by atoms with Gasteiger partial charge in [0.25, 0.3) is 0 Å². The lowest BCUT2D eigenvalue weighted by Crippen LogP contribution is -2.47. The summed E-state index contributed by atoms with van der Waals surface area (Å²) in [5.74, 6) is 2.68. The fourth-order valence-corrected chi connectivity index (χ4v) is 7.56. The highest BCUT2D eigenvalue weighted by atomic mass is 16.5. The maximum absolute atomic E-state index is 12.9. The van der Waals surface area contributed by atoms with Crippen molar-refractivity contribution >= 4 is 11.6 Å². The maximum atomic E-state index is 12.9. The number of Topliss-reactive ketones (excluding diaryl/α,β-unsaturated/α-hetero) is 1. The van der Waals surface area contributed by atoms with Crippen molar-refractivity contribution in [2.75, 3.05) is 13.7 Å². The molecule has 0 saturated heterocycles. The number of ketones is 2. The Balaban J connectivity index is 1.74. The molecule has 4 aliphatic rings. The molecule has 0 heterocycles. The third-order valence-electron chi connectivity index (χ3n) is 8.63. The zero-order chi connectivity index (χ0) is 19.6. The Morgan fingerprint density at radius 3 is 2.67 bits per heavy atom. The molecule has 148 valence electrons. The smallest absolute Gasteiger partial charge is 0.162 e. The lowest BCUT2D eigenvalue weighted by molar-refractivity contribution is -0.132. The zero-order valence-electron chi connectivity index (χ0n) is 17.5. The molecule has 4 aliphatic carbocycles. The summed E-state index contributed by atoms with van der Waals surface area (Å²) in [4.78, 5) is 25.0. The fraction of sp³-hybridized carbons (Fsp3) is 0.750. The van der Waals surface area contributed by atoms with Crippen LogP contribution in [0.1, 0.15) is 59.8 Å². The van der Waals surface area contributed by atoms with E-state index in [0.717, 1.165) is 25.7 Å². The van der Waals surface area contributed by atoms with E-state index in [1.54, 1.807) is 12.7 Å². The first kappa shape index (κ1) is 19.1. The lowest BCUT2D eigenvalue weighted by Gasteiger charge is -2.55. The highest BCUT2D eigenvalue weighted by molar-refractivity contribution is 5.92. The van der Waals surface area contributed by atoms with Crippen LogP contribution in [0.2, 0.25) is 0 Å². The SMILES string of the molecule is COCC(=O)[C@H]1[C@H](C)CC2C3C[C@H](C)C4=CC(=O)CC[C@]4(C)C3=CC[C@@]21C. The zero-order valence-corrected chi connectivity index (χ0v) is 17.5. The second-order valence-electron chi connectivity index (χ2n) is 10.2. The van der Waals surface area contributed by atoms with Crippen molar-refractivity contribution in [3.05, 3.63) is 23.3 Å². The average molecular weight is 371 g/mol. The van der Waals surface area contributed by atoms with Crippen molar-refractivity contribution < 1.29 is 14.3 Å². The number of hydrogen-bond donors (Lipinski definition) is 0. The molecule has 0 radical (unpaired) electrons. The Kier molecular flexibility index (Phi) is 4.53. The molecule has 0 N–H and O–H groups in total. The molecule has 0 amide bonds. The standard InChI is InChI=1S/C24H34O3/c1-14-10-17-18(23(3)8-6-16(25)12-19(14)23)7-9-24(4)20(17)11-15(2)22(24)21(26)13-27-5/h7,12,14-15,17,20,22H,6,8-11,13H2,1-5H3/t14-,15+,17?,20?,22+,23+,24-/m0/s1. The van der Waals surface area contributed by atoms with Gasteiger partial charge in [-0.2, -0.15) is 0 Å². The summed E-state index contributed by atoms with van der Waals surface area (Å²) in [6, 6.07) is 0. The molecule has 0 bridgehead atoms. The summed E-state index contributed by atoms with van der Waals surface area (Å²) < 4.78 is 5.21. The summed E-state index contributed by atoms with van der Waals surface area (Å²) in [6.07, 6.45) is 9.31. The Hall–Kier alpha value is -1.22. The van der Waals surface area contributed by atoms with Gasteiger partial charge in [-0.05, 0) is 60.8 Å². The molecular formula is C24H34O3. The topological polar surface area (TPSA) is 43.4 Å². The number of ether oxygens (including phenoxy) is 1. The normalized spacial score (nSPS) is 46.1. The molecule has 2 fully saturated rings. The van der Waals surface area contributed by atoms with Crippen LogP contribution in [-0.4, -0.2) is 25.3 Å². The third kappa shape index (κ3) is 2.64. The molecular weight excluding hydrogens is 336 g/mol. The predicted octanol–water partition coefficient (Wildman–Crippen LogP) is 4.76. The Morgan fingerprint density at radius 1 is 1.22 bits per heavy atom. The molecule has 0 aromatic rings. The van der Waals surface area contributed by atoms with Crippen LogP contribution in [0.4, 0.5) is 0 Å². The minimum absolute atomic E-state index is 0.0466. The summed E-state index contributed by atoms with van der Waals surface area (Å²) >= 11 is 0. The van der Waals surface area contributed by atoms with Gasteiger partial charge in [0.15, 0.2) is 11.6 Å². The van der Waals surface area contributed by atoms with Crippen LogP contribution in [-0.2, 0) is 14.3 Å². The van der Waals surface area contributed by atoms with Crippen LogP contribution >= 0.6 is 0 Å². The molecule has 2 saturated carbocycles. The van der Waals surface area contributed by atoms with E-state index in [-0.39, 0.29) is 29.1 Å². The van der Waals surface area contributed by atoms with Gasteiger partial charge in [-0.1, -0.05) is 44.9 Å². The monoisotopic (exact) mass is 370 g/mol. The van der Waals surface area contributed by atoms with Crippen molar-refractivity contribution in [2.45, 2.75) is 59.8 Å². The minimum Gasteiger partial charge on any atom is -0.377 e. The first-order valence-electron chi connectivity index (χ1n) is 10.7. The van der Waals surface area contributed by atoms with Crippen LogP contribution in [0.3, 0.4) is 0 Å². The lowest BCUT2D eigenvalue weighted by atomic mass is 9.49. The quantitative estimate of drug-likeness (QED) is 0.673. The van der Waals surface area contributed by atoms with E-state index in [2.05, 4.69) is 33.8 Å². The van der Waals surface area contributed by atoms with Crippen LogP contribution in [0.25, 0.3) is 0 Å². The highest BCUT2D eigenvalue weighted by Crippen LogP contribution is 2.66. The fourth-order valence-electron chi connectivity index (χ4n) is 7.56. The number of rotatable bonds is 3. The van der Waals surface area contributed by atoms with E-state index < -0.39 is 0 Å². The third-order valence-corrected chi connectivity index (χ3v) is 8.63. The molecule has 3 heteroatoms. The van der Waals surface area contributed by atoms with Crippen molar-refractivity contribution in [1.82, 2.24) is 0 Å². The van der Waals surface area contributed by atoms with Crippen LogP contribution in [0.15, 0.2) is 23.3 Å². The van der Waals surface area contributed by atoms with Gasteiger partial charge in [-0.25, -0.2) is 0 Å². The van der Waals surface area contributed by atoms with E-state index in [1.165, 1.54) is 5.57 Å². The van der Waals surface area contributed by atoms with E-state index in [9.17, 15) is 9.59 Å². The predicted molar refractivity (Wildman–Crippen MR) is 106 cm³/mol. The van der Waals surface area contributed by atoms with E-state index in [0.29, 0.717) is 35.9 Å². The number of allylic oxidation sites excluding steroid dienone is 4. The van der Waals surface area contributed by atoms with Gasteiger partial charge in [0.2, 0.25) is 0 Å². The number of carbonyl (C=O) groups is 2. The van der Waals surface area contributed by atoms with Gasteiger partial charge in [-0.15, -0.1) is 0 Å². The van der Waals surface area contributed by atoms with Crippen molar-refractivity contribution in [1.29, 1.82) is 0 Å². The average Bonchev–Trinajstić information content (AvgIpc) is 2.87. The van der Waals surface area contributed by atoms with Crippen LogP contribution in [0, 0.1) is 40.4 Å². The second-order valence-corrected chi connectivity index (χ2v) is 10.2. The molecule has 0 aliphatic heterocycles. The summed E-state index contributed by atoms with van der Waals surface area (Å²) in [7, 11) is 1.62. The molecule has 27 heavy (non-hydrogen) atoms. The van der Waals surface area contributed by atoms with Gasteiger partial charge in [-0.3, -0.25) is 9.59 Å². The molecule has 0 aromatic carbocycles. The summed E-state index contributed by atoms with van der Waals surface area (Å²) in [5.41, 5.74) is 3.04. The van der Waals surface area contributed by atoms with Gasteiger partial charge in [0.1, 0.15) is 6.61 Å². The minimum atomic E-state index is 0.0466. The molecule has 7 atom stereocenters. The van der Waals surface area contributed by atoms with Gasteiger partial charge in [0.05, 0.1) is 0 Å². The number of fused-ring (bicyclic) bond motifs is 5. The van der Waals surface area contributed by atoms with Crippen molar-refractivity contribution in [2.24, 2.45) is 40.4 Å². The molecule has 2 unspecified atom stereocenters. The Labute approximate surface area is 163 Å². The molecule has 3 nitrogen and oxygen atoms in total. The maximum Gasteiger partial charge on any atom is 0.162 e. The first-order valence-corrected chi connectivity index (χ1v) is 10.7. The number of carbonyl (C=O) groups excluding carboxylic acids is 2. The van der Waals surface area contributed by atoms with Gasteiger partial charge >= 0.3 is 0 Å². The summed E-state index contributed by atoms with van der Waals surface area (Å²) in [5, 5.41) is 0.